The van der Waals surface area contributed by atoms with E-state index in [2.05, 4.69) is 15.4 Å². The summed E-state index contributed by atoms with van der Waals surface area (Å²) in [6.45, 7) is 2.03. The molecule has 0 aliphatic rings. The molecule has 0 atom stereocenters. The zero-order valence-corrected chi connectivity index (χ0v) is 6.15. The maximum Gasteiger partial charge on any atom is 0.0966 e. The van der Waals surface area contributed by atoms with Crippen molar-refractivity contribution in [2.45, 2.75) is 6.92 Å². The summed E-state index contributed by atoms with van der Waals surface area (Å²) in [7, 11) is 0. The largest absolute Gasteiger partial charge is 0.138 e. The Morgan fingerprint density at radius 1 is 1.27 bits per heavy atom. The van der Waals surface area contributed by atoms with Gasteiger partial charge in [-0.2, -0.15) is 0 Å². The lowest BCUT2D eigenvalue weighted by Crippen LogP contribution is -1.87. The third kappa shape index (κ3) is 0.941. The topological polar surface area (TPSA) is 38.7 Å². The van der Waals surface area contributed by atoms with Crippen molar-refractivity contribution in [2.24, 2.45) is 0 Å². The lowest BCUT2D eigenvalue weighted by atomic mass is 10.1. The van der Waals surface area contributed by atoms with E-state index in [1.165, 1.54) is 5.56 Å². The molecule has 0 unspecified atom stereocenters. The fourth-order valence-electron chi connectivity index (χ4n) is 1.08. The van der Waals surface area contributed by atoms with Crippen LogP contribution in [-0.2, 0) is 0 Å². The Kier molecular flexibility index (Phi) is 1.28. The van der Waals surface area contributed by atoms with E-state index in [-0.39, 0.29) is 0 Å². The summed E-state index contributed by atoms with van der Waals surface area (Å²) in [4.78, 5) is 0. The molecule has 0 amide bonds. The van der Waals surface area contributed by atoms with Crippen molar-refractivity contribution >= 4 is 10.9 Å². The third-order valence-corrected chi connectivity index (χ3v) is 1.69. The van der Waals surface area contributed by atoms with Crippen molar-refractivity contribution in [3.8, 4) is 0 Å². The molecule has 1 aromatic carbocycles. The Morgan fingerprint density at radius 2 is 2.18 bits per heavy atom. The Bertz CT molecular complexity index is 378. The van der Waals surface area contributed by atoms with Crippen LogP contribution in [0.5, 0.6) is 0 Å². The second-order valence-corrected chi connectivity index (χ2v) is 2.44. The number of benzene rings is 1. The number of hydrogen-bond acceptors (Lipinski definition) is 3. The molecule has 3 nitrogen and oxygen atoms in total. The Morgan fingerprint density at radius 3 is 3.00 bits per heavy atom. The van der Waals surface area contributed by atoms with Crippen LogP contribution in [0.2, 0.25) is 0 Å². The molecule has 2 aromatic rings. The van der Waals surface area contributed by atoms with E-state index < -0.39 is 0 Å². The van der Waals surface area contributed by atoms with Crippen LogP contribution >= 0.6 is 0 Å². The average molecular weight is 145 g/mol. The van der Waals surface area contributed by atoms with Gasteiger partial charge < -0.3 is 0 Å². The average Bonchev–Trinajstić information content (AvgIpc) is 2.06. The number of rotatable bonds is 0. The highest BCUT2D eigenvalue weighted by molar-refractivity contribution is 5.80. The molecule has 11 heavy (non-hydrogen) atoms. The molecule has 1 heterocycles. The first-order chi connectivity index (χ1) is 5.38. The van der Waals surface area contributed by atoms with E-state index in [0.29, 0.717) is 0 Å². The molecule has 0 saturated heterocycles. The molecule has 1 aromatic heterocycles. The predicted octanol–water partition coefficient (Wildman–Crippen LogP) is 1.33. The molecule has 0 N–H and O–H groups in total. The van der Waals surface area contributed by atoms with Gasteiger partial charge in [-0.3, -0.25) is 0 Å². The summed E-state index contributed by atoms with van der Waals surface area (Å²) in [5.41, 5.74) is 2.09. The van der Waals surface area contributed by atoms with E-state index in [4.69, 9.17) is 0 Å². The standard InChI is InChI=1S/C8H7N3/c1-6-3-2-4-8-7(6)5-9-11-10-8/h2-5H,1H3. The molecule has 54 valence electrons. The van der Waals surface area contributed by atoms with Crippen LogP contribution in [0, 0.1) is 6.92 Å². The quantitative estimate of drug-likeness (QED) is 0.561. The van der Waals surface area contributed by atoms with Crippen LogP contribution < -0.4 is 0 Å². The summed E-state index contributed by atoms with van der Waals surface area (Å²) in [5.74, 6) is 0. The number of nitrogens with zero attached hydrogens (tertiary/aromatic N) is 3. The first kappa shape index (κ1) is 6.22. The van der Waals surface area contributed by atoms with Crippen molar-refractivity contribution in [3.63, 3.8) is 0 Å². The van der Waals surface area contributed by atoms with Crippen LogP contribution in [0.15, 0.2) is 24.4 Å². The molecule has 3 heteroatoms. The molecule has 0 aliphatic heterocycles. The van der Waals surface area contributed by atoms with Gasteiger partial charge in [-0.15, -0.1) is 10.2 Å². The Labute approximate surface area is 64.1 Å². The van der Waals surface area contributed by atoms with E-state index in [1.54, 1.807) is 6.20 Å². The third-order valence-electron chi connectivity index (χ3n) is 1.69. The number of fused-ring (bicyclic) bond motifs is 1. The van der Waals surface area contributed by atoms with Gasteiger partial charge in [0.1, 0.15) is 0 Å². The Balaban J connectivity index is 2.91. The molecule has 0 saturated carbocycles. The minimum absolute atomic E-state index is 0.903. The first-order valence-electron chi connectivity index (χ1n) is 3.41. The van der Waals surface area contributed by atoms with Crippen LogP contribution in [0.1, 0.15) is 5.56 Å². The number of aryl methyl sites for hydroxylation is 1. The molecular formula is C8H7N3. The molecule has 0 fully saturated rings. The van der Waals surface area contributed by atoms with Gasteiger partial charge in [-0.05, 0) is 23.8 Å². The van der Waals surface area contributed by atoms with Gasteiger partial charge in [-0.1, -0.05) is 12.1 Å². The summed E-state index contributed by atoms with van der Waals surface area (Å²) in [5, 5.41) is 12.2. The summed E-state index contributed by atoms with van der Waals surface area (Å²) < 4.78 is 0. The smallest absolute Gasteiger partial charge is 0.0966 e. The van der Waals surface area contributed by atoms with Crippen molar-refractivity contribution in [1.82, 2.24) is 15.4 Å². The van der Waals surface area contributed by atoms with Gasteiger partial charge in [0, 0.05) is 5.39 Å². The SMILES string of the molecule is Cc1cccc2nnncc12. The minimum Gasteiger partial charge on any atom is -0.138 e. The molecule has 2 rings (SSSR count). The van der Waals surface area contributed by atoms with Crippen LogP contribution in [0.3, 0.4) is 0 Å². The lowest BCUT2D eigenvalue weighted by molar-refractivity contribution is 0.894. The van der Waals surface area contributed by atoms with Crippen molar-refractivity contribution in [3.05, 3.63) is 30.0 Å². The monoisotopic (exact) mass is 145 g/mol. The van der Waals surface area contributed by atoms with E-state index in [1.807, 2.05) is 25.1 Å². The van der Waals surface area contributed by atoms with Crippen molar-refractivity contribution in [2.75, 3.05) is 0 Å². The molecular weight excluding hydrogens is 138 g/mol. The van der Waals surface area contributed by atoms with Gasteiger partial charge >= 0.3 is 0 Å². The molecule has 0 aliphatic carbocycles. The predicted molar refractivity (Wildman–Crippen MR) is 42.1 cm³/mol. The summed E-state index contributed by atoms with van der Waals surface area (Å²) in [6.07, 6.45) is 1.73. The van der Waals surface area contributed by atoms with Gasteiger partial charge in [0.15, 0.2) is 0 Å². The lowest BCUT2D eigenvalue weighted by Gasteiger charge is -1.96. The maximum absolute atomic E-state index is 3.88. The number of hydrogen-bond donors (Lipinski definition) is 0. The summed E-state index contributed by atoms with van der Waals surface area (Å²) in [6, 6.07) is 5.93. The fourth-order valence-corrected chi connectivity index (χ4v) is 1.08. The van der Waals surface area contributed by atoms with Crippen LogP contribution in [0.25, 0.3) is 10.9 Å². The van der Waals surface area contributed by atoms with Gasteiger partial charge in [0.25, 0.3) is 0 Å². The second kappa shape index (κ2) is 2.27. The fraction of sp³-hybridized carbons (Fsp3) is 0.125. The van der Waals surface area contributed by atoms with Crippen molar-refractivity contribution in [1.29, 1.82) is 0 Å². The van der Waals surface area contributed by atoms with E-state index in [9.17, 15) is 0 Å². The zero-order chi connectivity index (χ0) is 7.68. The van der Waals surface area contributed by atoms with Gasteiger partial charge in [-0.25, -0.2) is 0 Å². The maximum atomic E-state index is 3.88. The van der Waals surface area contributed by atoms with Gasteiger partial charge in [0.05, 0.1) is 11.7 Å². The Hall–Kier alpha value is -1.51. The van der Waals surface area contributed by atoms with E-state index in [0.717, 1.165) is 10.9 Å². The molecule has 0 spiro atoms. The van der Waals surface area contributed by atoms with E-state index >= 15 is 0 Å². The minimum atomic E-state index is 0.903. The first-order valence-corrected chi connectivity index (χ1v) is 3.41. The summed E-state index contributed by atoms with van der Waals surface area (Å²) >= 11 is 0. The molecule has 0 radical (unpaired) electrons. The second-order valence-electron chi connectivity index (χ2n) is 2.44. The highest BCUT2D eigenvalue weighted by Gasteiger charge is 1.95. The van der Waals surface area contributed by atoms with Gasteiger partial charge in [0.2, 0.25) is 0 Å². The van der Waals surface area contributed by atoms with Crippen LogP contribution in [-0.4, -0.2) is 15.4 Å². The highest BCUT2D eigenvalue weighted by Crippen LogP contribution is 2.12. The molecule has 0 bridgehead atoms. The highest BCUT2D eigenvalue weighted by atomic mass is 15.3. The zero-order valence-electron chi connectivity index (χ0n) is 6.15. The van der Waals surface area contributed by atoms with Crippen molar-refractivity contribution < 1.29 is 0 Å². The normalized spacial score (nSPS) is 10.3. The van der Waals surface area contributed by atoms with Crippen LogP contribution in [0.4, 0.5) is 0 Å². The number of aromatic nitrogens is 3.